The fourth-order valence-electron chi connectivity index (χ4n) is 3.14. The molecule has 2 rings (SSSR count). The molecule has 1 aromatic rings. The molecule has 0 saturated carbocycles. The van der Waals surface area contributed by atoms with Crippen LogP contribution in [0.2, 0.25) is 0 Å². The Morgan fingerprint density at radius 2 is 1.70 bits per heavy atom. The summed E-state index contributed by atoms with van der Waals surface area (Å²) in [5, 5.41) is 0. The number of rotatable bonds is 5. The molecule has 9 heteroatoms. The van der Waals surface area contributed by atoms with Crippen molar-refractivity contribution in [3.8, 4) is 0 Å². The van der Waals surface area contributed by atoms with Crippen molar-refractivity contribution < 1.29 is 18.0 Å². The third-order valence-corrected chi connectivity index (χ3v) is 5.73. The second-order valence-corrected chi connectivity index (χ2v) is 9.07. The number of sulfone groups is 1. The highest BCUT2D eigenvalue weighted by molar-refractivity contribution is 7.90. The van der Waals surface area contributed by atoms with Gasteiger partial charge in [0.15, 0.2) is 9.84 Å². The molecule has 2 N–H and O–H groups in total. The van der Waals surface area contributed by atoms with Crippen LogP contribution in [0.25, 0.3) is 0 Å². The second-order valence-electron chi connectivity index (χ2n) is 7.05. The number of halogens is 1. The van der Waals surface area contributed by atoms with Crippen molar-refractivity contribution in [3.05, 3.63) is 29.8 Å². The highest BCUT2D eigenvalue weighted by Crippen LogP contribution is 2.17. The lowest BCUT2D eigenvalue weighted by Gasteiger charge is -2.38. The van der Waals surface area contributed by atoms with E-state index in [0.29, 0.717) is 38.2 Å². The normalized spacial score (nSPS) is 17.0. The first-order chi connectivity index (χ1) is 12.1. The van der Waals surface area contributed by atoms with Gasteiger partial charge in [-0.2, -0.15) is 0 Å². The minimum atomic E-state index is -3.37. The Morgan fingerprint density at radius 1 is 1.15 bits per heavy atom. The van der Waals surface area contributed by atoms with E-state index < -0.39 is 15.4 Å². The monoisotopic (exact) mass is 417 g/mol. The molecule has 0 aliphatic carbocycles. The van der Waals surface area contributed by atoms with Crippen LogP contribution in [0.5, 0.6) is 0 Å². The van der Waals surface area contributed by atoms with Gasteiger partial charge in [0.1, 0.15) is 0 Å². The largest absolute Gasteiger partial charge is 0.338 e. The van der Waals surface area contributed by atoms with E-state index in [-0.39, 0.29) is 29.1 Å². The number of nitrogens with two attached hydrogens (primary N) is 1. The Balaban J connectivity index is 0.00000364. The van der Waals surface area contributed by atoms with E-state index in [2.05, 4.69) is 0 Å². The van der Waals surface area contributed by atoms with Crippen LogP contribution in [0.3, 0.4) is 0 Å². The van der Waals surface area contributed by atoms with Crippen LogP contribution >= 0.6 is 12.4 Å². The molecule has 27 heavy (non-hydrogen) atoms. The molecule has 1 fully saturated rings. The predicted molar refractivity (Wildman–Crippen MR) is 107 cm³/mol. The third-order valence-electron chi connectivity index (χ3n) is 4.62. The summed E-state index contributed by atoms with van der Waals surface area (Å²) in [6, 6.07) is 6.03. The average Bonchev–Trinajstić information content (AvgIpc) is 2.60. The maximum Gasteiger partial charge on any atom is 0.254 e. The van der Waals surface area contributed by atoms with E-state index in [4.69, 9.17) is 5.73 Å². The zero-order valence-electron chi connectivity index (χ0n) is 16.0. The fraction of sp³-hybridized carbons (Fsp3) is 0.556. The molecule has 1 aliphatic heterocycles. The molecule has 1 aromatic carbocycles. The third kappa shape index (κ3) is 5.67. The van der Waals surface area contributed by atoms with E-state index >= 15 is 0 Å². The number of amides is 2. The van der Waals surface area contributed by atoms with Gasteiger partial charge in [-0.15, -0.1) is 12.4 Å². The first kappa shape index (κ1) is 23.4. The maximum absolute atomic E-state index is 12.7. The number of nitrogens with zero attached hydrogens (tertiary/aromatic N) is 2. The molecule has 1 saturated heterocycles. The molecule has 0 bridgehead atoms. The van der Waals surface area contributed by atoms with E-state index in [1.807, 2.05) is 6.92 Å². The Hall–Kier alpha value is -1.64. The summed E-state index contributed by atoms with van der Waals surface area (Å²) in [6.07, 6.45) is 2.55. The van der Waals surface area contributed by atoms with Gasteiger partial charge in [-0.05, 0) is 31.5 Å². The molecule has 1 heterocycles. The van der Waals surface area contributed by atoms with Crippen molar-refractivity contribution in [2.24, 2.45) is 5.73 Å². The first-order valence-corrected chi connectivity index (χ1v) is 10.6. The minimum Gasteiger partial charge on any atom is -0.338 e. The van der Waals surface area contributed by atoms with Gasteiger partial charge in [-0.1, -0.05) is 19.4 Å². The Bertz CT molecular complexity index is 788. The molecule has 7 nitrogen and oxygen atoms in total. The molecule has 1 aliphatic rings. The Morgan fingerprint density at radius 3 is 2.22 bits per heavy atom. The Kier molecular flexibility index (Phi) is 7.83. The van der Waals surface area contributed by atoms with Crippen molar-refractivity contribution >= 4 is 34.1 Å². The lowest BCUT2D eigenvalue weighted by molar-refractivity contribution is -0.138. The van der Waals surface area contributed by atoms with Gasteiger partial charge >= 0.3 is 0 Å². The molecule has 0 spiro atoms. The summed E-state index contributed by atoms with van der Waals surface area (Å²) >= 11 is 0. The molecule has 1 atom stereocenters. The molecular weight excluding hydrogens is 390 g/mol. The number of piperazine rings is 1. The summed E-state index contributed by atoms with van der Waals surface area (Å²) in [4.78, 5) is 28.7. The van der Waals surface area contributed by atoms with E-state index in [1.165, 1.54) is 12.1 Å². The fourth-order valence-corrected chi connectivity index (χ4v) is 3.81. The van der Waals surface area contributed by atoms with Crippen molar-refractivity contribution in [1.82, 2.24) is 9.80 Å². The highest BCUT2D eigenvalue weighted by atomic mass is 35.5. The zero-order valence-corrected chi connectivity index (χ0v) is 17.6. The van der Waals surface area contributed by atoms with Crippen LogP contribution in [-0.4, -0.2) is 68.0 Å². The number of carbonyl (C=O) groups excluding carboxylic acids is 2. The van der Waals surface area contributed by atoms with Crippen LogP contribution in [0.15, 0.2) is 29.2 Å². The van der Waals surface area contributed by atoms with Crippen molar-refractivity contribution in [2.75, 3.05) is 32.4 Å². The number of hydrogen-bond donors (Lipinski definition) is 1. The summed E-state index contributed by atoms with van der Waals surface area (Å²) in [5.74, 6) is -0.322. The number of benzene rings is 1. The lowest BCUT2D eigenvalue weighted by Crippen LogP contribution is -2.58. The summed E-state index contributed by atoms with van der Waals surface area (Å²) < 4.78 is 23.3. The summed E-state index contributed by atoms with van der Waals surface area (Å²) in [6.45, 7) is 5.37. The molecule has 0 radical (unpaired) electrons. The van der Waals surface area contributed by atoms with Crippen LogP contribution in [-0.2, 0) is 14.6 Å². The van der Waals surface area contributed by atoms with Crippen LogP contribution in [0.4, 0.5) is 0 Å². The van der Waals surface area contributed by atoms with E-state index in [1.54, 1.807) is 28.9 Å². The van der Waals surface area contributed by atoms with Gasteiger partial charge in [-0.25, -0.2) is 8.42 Å². The van der Waals surface area contributed by atoms with Gasteiger partial charge in [0.05, 0.1) is 10.4 Å². The highest BCUT2D eigenvalue weighted by Gasteiger charge is 2.34. The summed E-state index contributed by atoms with van der Waals surface area (Å²) in [5.41, 5.74) is 5.57. The molecule has 152 valence electrons. The smallest absolute Gasteiger partial charge is 0.254 e. The quantitative estimate of drug-likeness (QED) is 0.778. The Labute approximate surface area is 167 Å². The van der Waals surface area contributed by atoms with E-state index in [0.717, 1.165) is 12.7 Å². The van der Waals surface area contributed by atoms with Gasteiger partial charge < -0.3 is 15.5 Å². The standard InChI is InChI=1S/C18H27N3O4S.ClH/c1-4-8-18(2,19)17(23)21-11-9-20(10-12-21)16(22)14-6-5-7-15(13-14)26(3,24)25;/h5-7,13H,4,8-12,19H2,1-3H3;1H. The van der Waals surface area contributed by atoms with Gasteiger partial charge in [0.2, 0.25) is 5.91 Å². The van der Waals surface area contributed by atoms with Crippen LogP contribution in [0, 0.1) is 0 Å². The van der Waals surface area contributed by atoms with E-state index in [9.17, 15) is 18.0 Å². The maximum atomic E-state index is 12.7. The lowest BCUT2D eigenvalue weighted by atomic mass is 9.95. The average molecular weight is 418 g/mol. The molecular formula is C18H28ClN3O4S. The van der Waals surface area contributed by atoms with Gasteiger partial charge in [0.25, 0.3) is 5.91 Å². The minimum absolute atomic E-state index is 0. The van der Waals surface area contributed by atoms with Crippen molar-refractivity contribution in [3.63, 3.8) is 0 Å². The molecule has 0 aromatic heterocycles. The second kappa shape index (κ2) is 9.03. The predicted octanol–water partition coefficient (Wildman–Crippen LogP) is 1.31. The van der Waals surface area contributed by atoms with Crippen molar-refractivity contribution in [1.29, 1.82) is 0 Å². The zero-order chi connectivity index (χ0) is 19.5. The summed E-state index contributed by atoms with van der Waals surface area (Å²) in [7, 11) is -3.37. The SMILES string of the molecule is CCCC(C)(N)C(=O)N1CCN(C(=O)c2cccc(S(C)(=O)=O)c2)CC1.Cl. The number of hydrogen-bond acceptors (Lipinski definition) is 5. The topological polar surface area (TPSA) is 101 Å². The molecule has 2 amide bonds. The molecule has 1 unspecified atom stereocenters. The van der Waals surface area contributed by atoms with Crippen LogP contribution < -0.4 is 5.73 Å². The van der Waals surface area contributed by atoms with Gasteiger partial charge in [0, 0.05) is 38.0 Å². The van der Waals surface area contributed by atoms with Crippen molar-refractivity contribution in [2.45, 2.75) is 37.1 Å². The van der Waals surface area contributed by atoms with Gasteiger partial charge in [-0.3, -0.25) is 9.59 Å². The van der Waals surface area contributed by atoms with Crippen LogP contribution in [0.1, 0.15) is 37.0 Å². The number of carbonyl (C=O) groups is 2. The first-order valence-electron chi connectivity index (χ1n) is 8.74.